The molecule has 2 heterocycles. The van der Waals surface area contributed by atoms with Gasteiger partial charge in [0.2, 0.25) is 0 Å². The molecule has 9 heteroatoms. The van der Waals surface area contributed by atoms with Crippen molar-refractivity contribution in [3.05, 3.63) is 17.5 Å². The molecule has 0 aromatic carbocycles. The van der Waals surface area contributed by atoms with E-state index in [-0.39, 0.29) is 24.1 Å². The number of aliphatic hydroxyl groups is 1. The maximum Gasteiger partial charge on any atom is 0.432 e. The molecule has 130 valence electrons. The van der Waals surface area contributed by atoms with Crippen molar-refractivity contribution < 1.29 is 23.1 Å². The van der Waals surface area contributed by atoms with Crippen molar-refractivity contribution in [3.63, 3.8) is 0 Å². The van der Waals surface area contributed by atoms with E-state index in [0.29, 0.717) is 13.1 Å². The summed E-state index contributed by atoms with van der Waals surface area (Å²) in [6.07, 6.45) is -4.56. The van der Waals surface area contributed by atoms with E-state index in [4.69, 9.17) is 0 Å². The Bertz CT molecular complexity index is 546. The van der Waals surface area contributed by atoms with Gasteiger partial charge in [0.1, 0.15) is 5.69 Å². The van der Waals surface area contributed by atoms with Gasteiger partial charge in [0.15, 0.2) is 5.69 Å². The molecule has 1 aromatic heterocycles. The number of amides is 1. The van der Waals surface area contributed by atoms with E-state index in [9.17, 15) is 23.1 Å². The Balaban J connectivity index is 2.07. The van der Waals surface area contributed by atoms with Gasteiger partial charge in [0.05, 0.1) is 0 Å². The van der Waals surface area contributed by atoms with Crippen molar-refractivity contribution in [2.45, 2.75) is 13.1 Å². The van der Waals surface area contributed by atoms with Crippen molar-refractivity contribution in [2.75, 3.05) is 39.8 Å². The first-order chi connectivity index (χ1) is 10.8. The van der Waals surface area contributed by atoms with Gasteiger partial charge < -0.3 is 14.9 Å². The van der Waals surface area contributed by atoms with Crippen LogP contribution in [0.3, 0.4) is 0 Å². The fourth-order valence-electron chi connectivity index (χ4n) is 2.79. The summed E-state index contributed by atoms with van der Waals surface area (Å²) in [5.41, 5.74) is -1.29. The van der Waals surface area contributed by atoms with Gasteiger partial charge in [-0.05, 0) is 19.5 Å². The van der Waals surface area contributed by atoms with E-state index in [1.807, 2.05) is 19.1 Å². The van der Waals surface area contributed by atoms with E-state index in [1.165, 1.54) is 4.90 Å². The van der Waals surface area contributed by atoms with Gasteiger partial charge in [0, 0.05) is 38.2 Å². The fraction of sp³-hybridized carbons (Fsp3) is 0.714. The first kappa shape index (κ1) is 17.7. The van der Waals surface area contributed by atoms with Crippen molar-refractivity contribution in [1.82, 2.24) is 20.0 Å². The number of likely N-dealkylation sites (tertiary alicyclic amines) is 1. The highest BCUT2D eigenvalue weighted by Crippen LogP contribution is 2.29. The summed E-state index contributed by atoms with van der Waals surface area (Å²) in [4.78, 5) is 15.9. The molecule has 0 spiro atoms. The number of carbonyl (C=O) groups excluding carboxylic acids is 1. The second-order valence-corrected chi connectivity index (χ2v) is 5.93. The zero-order valence-electron chi connectivity index (χ0n) is 13.1. The highest BCUT2D eigenvalue weighted by Gasteiger charge is 2.38. The van der Waals surface area contributed by atoms with Crippen LogP contribution in [0.1, 0.15) is 23.1 Å². The number of nitrogens with one attached hydrogen (secondary N) is 1. The standard InChI is InChI=1S/C14H21F3N4O2/c1-3-20(2)5-9-6-21(7-10(9)8-22)13(23)11-4-12(19-18-11)14(15,16)17/h4,9-10,22H,3,5-8H2,1-2H3,(H,18,19)/t9-,10-/m1/s1. The molecule has 1 aliphatic heterocycles. The number of hydrogen-bond acceptors (Lipinski definition) is 4. The Kier molecular flexibility index (Phi) is 5.30. The van der Waals surface area contributed by atoms with Crippen LogP contribution < -0.4 is 0 Å². The quantitative estimate of drug-likeness (QED) is 0.845. The van der Waals surface area contributed by atoms with E-state index in [1.54, 1.807) is 0 Å². The molecule has 1 amide bonds. The molecule has 0 unspecified atom stereocenters. The van der Waals surface area contributed by atoms with Gasteiger partial charge in [-0.2, -0.15) is 18.3 Å². The minimum absolute atomic E-state index is 0.0552. The Labute approximate surface area is 132 Å². The van der Waals surface area contributed by atoms with E-state index < -0.39 is 17.8 Å². The number of rotatable bonds is 5. The zero-order valence-corrected chi connectivity index (χ0v) is 13.1. The number of nitrogens with zero attached hydrogens (tertiary/aromatic N) is 3. The average Bonchev–Trinajstić information content (AvgIpc) is 3.12. The third kappa shape index (κ3) is 4.03. The molecule has 23 heavy (non-hydrogen) atoms. The lowest BCUT2D eigenvalue weighted by Gasteiger charge is -2.22. The van der Waals surface area contributed by atoms with Crippen molar-refractivity contribution in [2.24, 2.45) is 11.8 Å². The van der Waals surface area contributed by atoms with Crippen LogP contribution in [0.25, 0.3) is 0 Å². The Morgan fingerprint density at radius 1 is 1.48 bits per heavy atom. The molecule has 1 aliphatic rings. The maximum atomic E-state index is 12.6. The molecule has 1 aromatic rings. The SMILES string of the molecule is CCN(C)C[C@@H]1CN(C(=O)c2cc(C(F)(F)F)[nH]n2)C[C@@H]1CO. The van der Waals surface area contributed by atoms with Crippen LogP contribution in [-0.4, -0.2) is 70.8 Å². The topological polar surface area (TPSA) is 72.5 Å². The lowest BCUT2D eigenvalue weighted by atomic mass is 9.96. The minimum atomic E-state index is -4.56. The molecule has 2 N–H and O–H groups in total. The molecule has 6 nitrogen and oxygen atoms in total. The number of alkyl halides is 3. The van der Waals surface area contributed by atoms with Crippen molar-refractivity contribution in [1.29, 1.82) is 0 Å². The highest BCUT2D eigenvalue weighted by molar-refractivity contribution is 5.92. The van der Waals surface area contributed by atoms with Crippen LogP contribution in [0.5, 0.6) is 0 Å². The lowest BCUT2D eigenvalue weighted by Crippen LogP contribution is -2.32. The predicted molar refractivity (Wildman–Crippen MR) is 76.7 cm³/mol. The number of halogens is 3. The Morgan fingerprint density at radius 3 is 2.65 bits per heavy atom. The smallest absolute Gasteiger partial charge is 0.396 e. The molecule has 1 saturated heterocycles. The van der Waals surface area contributed by atoms with E-state index in [2.05, 4.69) is 10.00 Å². The van der Waals surface area contributed by atoms with Crippen LogP contribution in [0.2, 0.25) is 0 Å². The number of carbonyl (C=O) groups is 1. The number of aromatic amines is 1. The Morgan fingerprint density at radius 2 is 2.13 bits per heavy atom. The highest BCUT2D eigenvalue weighted by atomic mass is 19.4. The number of aliphatic hydroxyl groups excluding tert-OH is 1. The third-order valence-corrected chi connectivity index (χ3v) is 4.29. The molecule has 0 saturated carbocycles. The largest absolute Gasteiger partial charge is 0.432 e. The van der Waals surface area contributed by atoms with Gasteiger partial charge in [-0.15, -0.1) is 0 Å². The van der Waals surface area contributed by atoms with Gasteiger partial charge in [-0.25, -0.2) is 0 Å². The number of hydrogen-bond donors (Lipinski definition) is 2. The summed E-state index contributed by atoms with van der Waals surface area (Å²) in [7, 11) is 1.95. The van der Waals surface area contributed by atoms with E-state index in [0.717, 1.165) is 19.2 Å². The molecule has 0 radical (unpaired) electrons. The second-order valence-electron chi connectivity index (χ2n) is 5.93. The van der Waals surface area contributed by atoms with Crippen LogP contribution in [0.4, 0.5) is 13.2 Å². The predicted octanol–water partition coefficient (Wildman–Crippen LogP) is 1.06. The Hall–Kier alpha value is -1.61. The first-order valence-corrected chi connectivity index (χ1v) is 7.47. The maximum absolute atomic E-state index is 12.6. The molecular weight excluding hydrogens is 313 g/mol. The molecule has 0 aliphatic carbocycles. The van der Waals surface area contributed by atoms with Gasteiger partial charge >= 0.3 is 6.18 Å². The van der Waals surface area contributed by atoms with Gasteiger partial charge in [-0.3, -0.25) is 9.89 Å². The molecular formula is C14H21F3N4O2. The summed E-state index contributed by atoms with van der Waals surface area (Å²) in [5, 5.41) is 14.8. The van der Waals surface area contributed by atoms with Crippen LogP contribution in [0, 0.1) is 11.8 Å². The van der Waals surface area contributed by atoms with Crippen LogP contribution in [-0.2, 0) is 6.18 Å². The van der Waals surface area contributed by atoms with Gasteiger partial charge in [-0.1, -0.05) is 6.92 Å². The minimum Gasteiger partial charge on any atom is -0.396 e. The summed E-state index contributed by atoms with van der Waals surface area (Å²) < 4.78 is 37.7. The average molecular weight is 334 g/mol. The van der Waals surface area contributed by atoms with Crippen molar-refractivity contribution >= 4 is 5.91 Å². The van der Waals surface area contributed by atoms with Crippen LogP contribution in [0.15, 0.2) is 6.07 Å². The normalized spacial score (nSPS) is 22.1. The van der Waals surface area contributed by atoms with E-state index >= 15 is 0 Å². The third-order valence-electron chi connectivity index (χ3n) is 4.29. The lowest BCUT2D eigenvalue weighted by molar-refractivity contribution is -0.141. The first-order valence-electron chi connectivity index (χ1n) is 7.47. The zero-order chi connectivity index (χ0) is 17.2. The summed E-state index contributed by atoms with van der Waals surface area (Å²) in [6.45, 7) is 4.25. The number of aromatic nitrogens is 2. The fourth-order valence-corrected chi connectivity index (χ4v) is 2.79. The summed E-state index contributed by atoms with van der Waals surface area (Å²) >= 11 is 0. The monoisotopic (exact) mass is 334 g/mol. The summed E-state index contributed by atoms with van der Waals surface area (Å²) in [6, 6.07) is 0.724. The summed E-state index contributed by atoms with van der Waals surface area (Å²) in [5.74, 6) is -0.527. The van der Waals surface area contributed by atoms with Crippen molar-refractivity contribution in [3.8, 4) is 0 Å². The molecule has 2 atom stereocenters. The molecule has 1 fully saturated rings. The van der Waals surface area contributed by atoms with Crippen LogP contribution >= 0.6 is 0 Å². The molecule has 0 bridgehead atoms. The second kappa shape index (κ2) is 6.88. The number of H-pyrrole nitrogens is 1. The molecule has 2 rings (SSSR count). The van der Waals surface area contributed by atoms with Gasteiger partial charge in [0.25, 0.3) is 5.91 Å².